The van der Waals surface area contributed by atoms with Crippen molar-refractivity contribution < 1.29 is 9.18 Å². The number of hydrogen-bond donors (Lipinski definition) is 1. The fraction of sp³-hybridized carbons (Fsp3) is 0.455. The van der Waals surface area contributed by atoms with Crippen molar-refractivity contribution in [1.82, 2.24) is 20.0 Å². The van der Waals surface area contributed by atoms with Crippen LogP contribution in [0.15, 0.2) is 36.9 Å². The molecule has 6 heteroatoms. The van der Waals surface area contributed by atoms with Crippen LogP contribution in [0.4, 0.5) is 4.39 Å². The standard InChI is InChI=1S/C22H27FN4O/c1-2-10-27-20-9-8-18(24-15-16-6-5-7-17(23)13-16)14-19(20)21(25-27)22(28)26-11-3-4-12-26/h2,5-7,13,18,24H,1,3-4,8-12,14-15H2/t18-/m1/s1. The molecular formula is C22H27FN4O. The van der Waals surface area contributed by atoms with Crippen LogP contribution in [0.5, 0.6) is 0 Å². The van der Waals surface area contributed by atoms with E-state index in [9.17, 15) is 9.18 Å². The van der Waals surface area contributed by atoms with Crippen molar-refractivity contribution in [2.45, 2.75) is 51.2 Å². The molecule has 5 nitrogen and oxygen atoms in total. The highest BCUT2D eigenvalue weighted by molar-refractivity contribution is 5.94. The van der Waals surface area contributed by atoms with Crippen molar-refractivity contribution in [3.8, 4) is 0 Å². The molecule has 28 heavy (non-hydrogen) atoms. The summed E-state index contributed by atoms with van der Waals surface area (Å²) in [6.07, 6.45) is 6.59. The van der Waals surface area contributed by atoms with Crippen LogP contribution in [0.1, 0.15) is 46.6 Å². The molecule has 2 aromatic rings. The van der Waals surface area contributed by atoms with Crippen LogP contribution in [0.25, 0.3) is 0 Å². The average molecular weight is 382 g/mol. The second kappa shape index (κ2) is 8.27. The summed E-state index contributed by atoms with van der Waals surface area (Å²) in [5, 5.41) is 8.20. The summed E-state index contributed by atoms with van der Waals surface area (Å²) in [5.74, 6) is -0.156. The van der Waals surface area contributed by atoms with Gasteiger partial charge in [-0.15, -0.1) is 6.58 Å². The first-order valence-corrected chi connectivity index (χ1v) is 10.1. The van der Waals surface area contributed by atoms with Gasteiger partial charge in [0.15, 0.2) is 5.69 Å². The van der Waals surface area contributed by atoms with Crippen LogP contribution in [-0.4, -0.2) is 39.7 Å². The monoisotopic (exact) mass is 382 g/mol. The fourth-order valence-electron chi connectivity index (χ4n) is 4.29. The summed E-state index contributed by atoms with van der Waals surface area (Å²) in [5.41, 5.74) is 3.77. The highest BCUT2D eigenvalue weighted by atomic mass is 19.1. The van der Waals surface area contributed by atoms with E-state index in [1.54, 1.807) is 12.1 Å². The molecule has 1 aromatic carbocycles. The third-order valence-electron chi connectivity index (χ3n) is 5.73. The van der Waals surface area contributed by atoms with Crippen molar-refractivity contribution in [2.24, 2.45) is 0 Å². The number of carbonyl (C=O) groups is 1. The first-order valence-electron chi connectivity index (χ1n) is 10.1. The Balaban J connectivity index is 1.52. The molecule has 0 bridgehead atoms. The topological polar surface area (TPSA) is 50.2 Å². The third kappa shape index (κ3) is 3.87. The number of fused-ring (bicyclic) bond motifs is 1. The number of amides is 1. The molecule has 1 saturated heterocycles. The maximum Gasteiger partial charge on any atom is 0.274 e. The molecule has 1 amide bonds. The molecule has 1 atom stereocenters. The number of nitrogens with one attached hydrogen (secondary N) is 1. The molecule has 4 rings (SSSR count). The van der Waals surface area contributed by atoms with Gasteiger partial charge in [0.2, 0.25) is 0 Å². The number of nitrogens with zero attached hydrogens (tertiary/aromatic N) is 3. The molecule has 0 saturated carbocycles. The molecule has 0 radical (unpaired) electrons. The maximum atomic E-state index is 13.4. The molecule has 1 fully saturated rings. The lowest BCUT2D eigenvalue weighted by Gasteiger charge is -2.25. The summed E-state index contributed by atoms with van der Waals surface area (Å²) in [6.45, 7) is 6.71. The van der Waals surface area contributed by atoms with Gasteiger partial charge in [-0.1, -0.05) is 18.2 Å². The number of hydrogen-bond acceptors (Lipinski definition) is 3. The van der Waals surface area contributed by atoms with Gasteiger partial charge in [-0.3, -0.25) is 9.48 Å². The van der Waals surface area contributed by atoms with Gasteiger partial charge >= 0.3 is 0 Å². The van der Waals surface area contributed by atoms with E-state index >= 15 is 0 Å². The first kappa shape index (κ1) is 18.9. The maximum absolute atomic E-state index is 13.4. The quantitative estimate of drug-likeness (QED) is 0.781. The molecular weight excluding hydrogens is 355 g/mol. The zero-order chi connectivity index (χ0) is 19.5. The molecule has 148 valence electrons. The SMILES string of the molecule is C=CCn1nc(C(=O)N2CCCC2)c2c1CC[C@@H](NCc1cccc(F)c1)C2. The number of rotatable bonds is 6. The van der Waals surface area contributed by atoms with Gasteiger partial charge in [0.1, 0.15) is 5.82 Å². The Bertz CT molecular complexity index is 869. The van der Waals surface area contributed by atoms with Gasteiger partial charge in [0, 0.05) is 36.9 Å². The Kier molecular flexibility index (Phi) is 5.57. The minimum Gasteiger partial charge on any atom is -0.337 e. The van der Waals surface area contributed by atoms with E-state index in [0.717, 1.165) is 62.0 Å². The van der Waals surface area contributed by atoms with Crippen LogP contribution in [0.2, 0.25) is 0 Å². The van der Waals surface area contributed by atoms with Gasteiger partial charge in [-0.25, -0.2) is 4.39 Å². The predicted molar refractivity (Wildman–Crippen MR) is 107 cm³/mol. The average Bonchev–Trinajstić information content (AvgIpc) is 3.35. The summed E-state index contributed by atoms with van der Waals surface area (Å²) in [4.78, 5) is 14.9. The highest BCUT2D eigenvalue weighted by Gasteiger charge is 2.31. The van der Waals surface area contributed by atoms with Crippen molar-refractivity contribution in [2.75, 3.05) is 13.1 Å². The molecule has 1 aliphatic heterocycles. The Morgan fingerprint density at radius 3 is 2.93 bits per heavy atom. The zero-order valence-electron chi connectivity index (χ0n) is 16.2. The largest absolute Gasteiger partial charge is 0.337 e. The van der Waals surface area contributed by atoms with Gasteiger partial charge in [0.05, 0.1) is 6.54 Å². The summed E-state index contributed by atoms with van der Waals surface area (Å²) < 4.78 is 15.3. The lowest BCUT2D eigenvalue weighted by Crippen LogP contribution is -2.35. The van der Waals surface area contributed by atoms with Crippen LogP contribution in [0, 0.1) is 5.82 Å². The molecule has 2 aliphatic rings. The van der Waals surface area contributed by atoms with Gasteiger partial charge in [-0.2, -0.15) is 5.10 Å². The number of allylic oxidation sites excluding steroid dienone is 1. The van der Waals surface area contributed by atoms with Crippen LogP contribution in [-0.2, 0) is 25.9 Å². The van der Waals surface area contributed by atoms with E-state index in [4.69, 9.17) is 0 Å². The van der Waals surface area contributed by atoms with E-state index in [2.05, 4.69) is 17.0 Å². The van der Waals surface area contributed by atoms with Gasteiger partial charge in [0.25, 0.3) is 5.91 Å². The summed E-state index contributed by atoms with van der Waals surface area (Å²) >= 11 is 0. The summed E-state index contributed by atoms with van der Waals surface area (Å²) in [6, 6.07) is 6.93. The number of aromatic nitrogens is 2. The fourth-order valence-corrected chi connectivity index (χ4v) is 4.29. The Morgan fingerprint density at radius 2 is 2.18 bits per heavy atom. The van der Waals surface area contributed by atoms with E-state index in [1.807, 2.05) is 21.7 Å². The minimum absolute atomic E-state index is 0.0577. The molecule has 0 unspecified atom stereocenters. The number of likely N-dealkylation sites (tertiary alicyclic amines) is 1. The number of halogens is 1. The third-order valence-corrected chi connectivity index (χ3v) is 5.73. The number of benzene rings is 1. The zero-order valence-corrected chi connectivity index (χ0v) is 16.2. The van der Waals surface area contributed by atoms with Gasteiger partial charge < -0.3 is 10.2 Å². The first-order chi connectivity index (χ1) is 13.7. The van der Waals surface area contributed by atoms with Crippen molar-refractivity contribution in [1.29, 1.82) is 0 Å². The van der Waals surface area contributed by atoms with Crippen molar-refractivity contribution in [3.05, 3.63) is 65.3 Å². The normalized spacial score (nSPS) is 18.9. The van der Waals surface area contributed by atoms with Crippen molar-refractivity contribution >= 4 is 5.91 Å². The van der Waals surface area contributed by atoms with E-state index in [1.165, 1.54) is 6.07 Å². The molecule has 1 aromatic heterocycles. The van der Waals surface area contributed by atoms with Crippen LogP contribution >= 0.6 is 0 Å². The Hall–Kier alpha value is -2.47. The lowest BCUT2D eigenvalue weighted by molar-refractivity contribution is 0.0785. The Morgan fingerprint density at radius 1 is 1.36 bits per heavy atom. The molecule has 1 aliphatic carbocycles. The second-order valence-electron chi connectivity index (χ2n) is 7.69. The predicted octanol–water partition coefficient (Wildman–Crippen LogP) is 3.09. The van der Waals surface area contributed by atoms with E-state index in [0.29, 0.717) is 18.8 Å². The van der Waals surface area contributed by atoms with Gasteiger partial charge in [-0.05, 0) is 49.8 Å². The molecule has 0 spiro atoms. The van der Waals surface area contributed by atoms with E-state index in [-0.39, 0.29) is 17.8 Å². The number of carbonyl (C=O) groups excluding carboxylic acids is 1. The van der Waals surface area contributed by atoms with Crippen molar-refractivity contribution in [3.63, 3.8) is 0 Å². The van der Waals surface area contributed by atoms with Crippen LogP contribution < -0.4 is 5.32 Å². The second-order valence-corrected chi connectivity index (χ2v) is 7.69. The summed E-state index contributed by atoms with van der Waals surface area (Å²) in [7, 11) is 0. The molecule has 1 N–H and O–H groups in total. The van der Waals surface area contributed by atoms with Crippen LogP contribution in [0.3, 0.4) is 0 Å². The van der Waals surface area contributed by atoms with E-state index < -0.39 is 0 Å². The molecule has 2 heterocycles. The smallest absolute Gasteiger partial charge is 0.274 e. The highest BCUT2D eigenvalue weighted by Crippen LogP contribution is 2.27. The minimum atomic E-state index is -0.213. The lowest BCUT2D eigenvalue weighted by atomic mass is 9.91. The Labute approximate surface area is 165 Å².